The van der Waals surface area contributed by atoms with E-state index in [1.165, 1.54) is 12.8 Å². The second kappa shape index (κ2) is 7.99. The molecule has 2 aliphatic rings. The molecule has 0 aromatic rings. The van der Waals surface area contributed by atoms with Crippen molar-refractivity contribution in [2.45, 2.75) is 39.5 Å². The van der Waals surface area contributed by atoms with E-state index < -0.39 is 0 Å². The van der Waals surface area contributed by atoms with Crippen LogP contribution in [-0.2, 0) is 4.79 Å². The molecule has 2 saturated heterocycles. The molecule has 1 amide bonds. The summed E-state index contributed by atoms with van der Waals surface area (Å²) in [5, 5.41) is 3.38. The summed E-state index contributed by atoms with van der Waals surface area (Å²) in [5.74, 6) is 1.80. The van der Waals surface area contributed by atoms with Crippen molar-refractivity contribution in [3.63, 3.8) is 0 Å². The number of nitrogens with zero attached hydrogens (tertiary/aromatic N) is 2. The molecule has 2 rings (SSSR count). The molecule has 2 heterocycles. The Bertz CT molecular complexity index is 298. The van der Waals surface area contributed by atoms with Gasteiger partial charge in [-0.25, -0.2) is 0 Å². The third kappa shape index (κ3) is 4.45. The fourth-order valence-electron chi connectivity index (χ4n) is 3.50. The van der Waals surface area contributed by atoms with Crippen molar-refractivity contribution in [2.24, 2.45) is 11.8 Å². The molecule has 4 nitrogen and oxygen atoms in total. The number of carbonyl (C=O) groups excluding carboxylic acids is 1. The highest BCUT2D eigenvalue weighted by Crippen LogP contribution is 2.20. The fourth-order valence-corrected chi connectivity index (χ4v) is 3.50. The monoisotopic (exact) mass is 281 g/mol. The number of hydrogen-bond acceptors (Lipinski definition) is 3. The lowest BCUT2D eigenvalue weighted by Crippen LogP contribution is -2.33. The van der Waals surface area contributed by atoms with Gasteiger partial charge in [-0.1, -0.05) is 13.8 Å². The minimum atomic E-state index is 0.388. The first-order chi connectivity index (χ1) is 9.72. The number of carbonyl (C=O) groups is 1. The minimum absolute atomic E-state index is 0.388. The van der Waals surface area contributed by atoms with Gasteiger partial charge in [0.2, 0.25) is 5.91 Å². The van der Waals surface area contributed by atoms with E-state index in [0.29, 0.717) is 11.8 Å². The molecule has 20 heavy (non-hydrogen) atoms. The van der Waals surface area contributed by atoms with Crippen molar-refractivity contribution < 1.29 is 4.79 Å². The SMILES string of the molecule is CCN(CC)CC1CCN(C(=O)CCC2CCNC2)C1. The van der Waals surface area contributed by atoms with Crippen LogP contribution in [0, 0.1) is 11.8 Å². The molecule has 2 unspecified atom stereocenters. The van der Waals surface area contributed by atoms with Crippen LogP contribution in [0.1, 0.15) is 39.5 Å². The van der Waals surface area contributed by atoms with Gasteiger partial charge in [0.25, 0.3) is 0 Å². The van der Waals surface area contributed by atoms with Crippen LogP contribution in [0.15, 0.2) is 0 Å². The topological polar surface area (TPSA) is 35.6 Å². The van der Waals surface area contributed by atoms with Gasteiger partial charge < -0.3 is 15.1 Å². The molecule has 0 spiro atoms. The molecule has 0 aromatic carbocycles. The van der Waals surface area contributed by atoms with Gasteiger partial charge in [0.1, 0.15) is 0 Å². The molecule has 0 radical (unpaired) electrons. The average molecular weight is 281 g/mol. The Hall–Kier alpha value is -0.610. The van der Waals surface area contributed by atoms with Crippen molar-refractivity contribution >= 4 is 5.91 Å². The Morgan fingerprint density at radius 1 is 1.25 bits per heavy atom. The number of hydrogen-bond donors (Lipinski definition) is 1. The molecular formula is C16H31N3O. The molecule has 2 aliphatic heterocycles. The zero-order valence-corrected chi connectivity index (χ0v) is 13.2. The predicted octanol–water partition coefficient (Wildman–Crippen LogP) is 1.57. The summed E-state index contributed by atoms with van der Waals surface area (Å²) in [6.45, 7) is 12.0. The number of likely N-dealkylation sites (tertiary alicyclic amines) is 1. The maximum atomic E-state index is 12.3. The van der Waals surface area contributed by atoms with E-state index in [1.54, 1.807) is 0 Å². The highest BCUT2D eigenvalue weighted by Gasteiger charge is 2.27. The zero-order chi connectivity index (χ0) is 14.4. The van der Waals surface area contributed by atoms with Gasteiger partial charge in [-0.2, -0.15) is 0 Å². The van der Waals surface area contributed by atoms with Crippen molar-refractivity contribution in [3.8, 4) is 0 Å². The number of rotatable bonds is 7. The smallest absolute Gasteiger partial charge is 0.222 e. The van der Waals surface area contributed by atoms with Gasteiger partial charge in [0.15, 0.2) is 0 Å². The first-order valence-electron chi connectivity index (χ1n) is 8.43. The fraction of sp³-hybridized carbons (Fsp3) is 0.938. The summed E-state index contributed by atoms with van der Waals surface area (Å²) >= 11 is 0. The third-order valence-corrected chi connectivity index (χ3v) is 4.98. The van der Waals surface area contributed by atoms with E-state index in [4.69, 9.17) is 0 Å². The maximum Gasteiger partial charge on any atom is 0.222 e. The van der Waals surface area contributed by atoms with E-state index in [-0.39, 0.29) is 0 Å². The highest BCUT2D eigenvalue weighted by atomic mass is 16.2. The molecule has 116 valence electrons. The molecule has 0 aromatic heterocycles. The van der Waals surface area contributed by atoms with Gasteiger partial charge in [-0.15, -0.1) is 0 Å². The summed E-state index contributed by atoms with van der Waals surface area (Å²) in [6.07, 6.45) is 4.26. The Morgan fingerprint density at radius 3 is 2.70 bits per heavy atom. The second-order valence-electron chi connectivity index (χ2n) is 6.38. The van der Waals surface area contributed by atoms with Crippen LogP contribution in [-0.4, -0.2) is 61.5 Å². The summed E-state index contributed by atoms with van der Waals surface area (Å²) in [7, 11) is 0. The summed E-state index contributed by atoms with van der Waals surface area (Å²) in [5.41, 5.74) is 0. The Labute approximate surface area is 123 Å². The number of amides is 1. The van der Waals surface area contributed by atoms with E-state index >= 15 is 0 Å². The Balaban J connectivity index is 1.67. The Kier molecular flexibility index (Phi) is 6.30. The van der Waals surface area contributed by atoms with Crippen molar-refractivity contribution in [2.75, 3.05) is 45.8 Å². The van der Waals surface area contributed by atoms with Gasteiger partial charge in [-0.05, 0) is 57.3 Å². The van der Waals surface area contributed by atoms with E-state index in [0.717, 1.165) is 64.6 Å². The molecule has 4 heteroatoms. The molecule has 2 fully saturated rings. The third-order valence-electron chi connectivity index (χ3n) is 4.98. The maximum absolute atomic E-state index is 12.3. The first-order valence-corrected chi connectivity index (χ1v) is 8.43. The molecule has 2 atom stereocenters. The normalized spacial score (nSPS) is 26.6. The minimum Gasteiger partial charge on any atom is -0.342 e. The summed E-state index contributed by atoms with van der Waals surface area (Å²) < 4.78 is 0. The predicted molar refractivity (Wildman–Crippen MR) is 82.7 cm³/mol. The lowest BCUT2D eigenvalue weighted by Gasteiger charge is -2.23. The van der Waals surface area contributed by atoms with Crippen LogP contribution in [0.4, 0.5) is 0 Å². The van der Waals surface area contributed by atoms with E-state index in [9.17, 15) is 4.79 Å². The second-order valence-corrected chi connectivity index (χ2v) is 6.38. The summed E-state index contributed by atoms with van der Waals surface area (Å²) in [6, 6.07) is 0. The van der Waals surface area contributed by atoms with Crippen LogP contribution in [0.2, 0.25) is 0 Å². The van der Waals surface area contributed by atoms with Gasteiger partial charge in [0.05, 0.1) is 0 Å². The van der Waals surface area contributed by atoms with Crippen molar-refractivity contribution in [3.05, 3.63) is 0 Å². The van der Waals surface area contributed by atoms with Crippen LogP contribution >= 0.6 is 0 Å². The zero-order valence-electron chi connectivity index (χ0n) is 13.2. The van der Waals surface area contributed by atoms with Gasteiger partial charge in [0, 0.05) is 26.1 Å². The highest BCUT2D eigenvalue weighted by molar-refractivity contribution is 5.76. The van der Waals surface area contributed by atoms with E-state index in [1.807, 2.05) is 0 Å². The lowest BCUT2D eigenvalue weighted by atomic mass is 10.0. The molecule has 1 N–H and O–H groups in total. The quantitative estimate of drug-likeness (QED) is 0.769. The van der Waals surface area contributed by atoms with Gasteiger partial charge in [-0.3, -0.25) is 4.79 Å². The van der Waals surface area contributed by atoms with Crippen LogP contribution in [0.3, 0.4) is 0 Å². The standard InChI is InChI=1S/C16H31N3O/c1-3-18(4-2)12-15-8-10-19(13-15)16(20)6-5-14-7-9-17-11-14/h14-15,17H,3-13H2,1-2H3. The van der Waals surface area contributed by atoms with E-state index in [2.05, 4.69) is 29.0 Å². The van der Waals surface area contributed by atoms with Crippen LogP contribution in [0.25, 0.3) is 0 Å². The molecule has 0 bridgehead atoms. The largest absolute Gasteiger partial charge is 0.342 e. The molecule has 0 aliphatic carbocycles. The van der Waals surface area contributed by atoms with Crippen molar-refractivity contribution in [1.82, 2.24) is 15.1 Å². The van der Waals surface area contributed by atoms with Crippen molar-refractivity contribution in [1.29, 1.82) is 0 Å². The molecular weight excluding hydrogens is 250 g/mol. The summed E-state index contributed by atoms with van der Waals surface area (Å²) in [4.78, 5) is 16.8. The van der Waals surface area contributed by atoms with Crippen LogP contribution < -0.4 is 5.32 Å². The number of nitrogens with one attached hydrogen (secondary N) is 1. The lowest BCUT2D eigenvalue weighted by molar-refractivity contribution is -0.130. The Morgan fingerprint density at radius 2 is 2.05 bits per heavy atom. The molecule has 0 saturated carbocycles. The van der Waals surface area contributed by atoms with Gasteiger partial charge >= 0.3 is 0 Å². The average Bonchev–Trinajstić information content (AvgIpc) is 3.13. The van der Waals surface area contributed by atoms with Crippen LogP contribution in [0.5, 0.6) is 0 Å². The first kappa shape index (κ1) is 15.8.